The Labute approximate surface area is 205 Å². The van der Waals surface area contributed by atoms with Gasteiger partial charge in [-0.05, 0) is 86.1 Å². The lowest BCUT2D eigenvalue weighted by Crippen LogP contribution is -2.34. The highest BCUT2D eigenvalue weighted by Gasteiger charge is 2.17. The van der Waals surface area contributed by atoms with Gasteiger partial charge >= 0.3 is 0 Å². The van der Waals surface area contributed by atoms with Crippen molar-refractivity contribution in [3.05, 3.63) is 75.3 Å². The Kier molecular flexibility index (Phi) is 6.49. The number of ether oxygens (including phenoxy) is 1. The number of methoxy groups -OCH3 is 1. The monoisotopic (exact) mass is 523 g/mol. The molecule has 6 nitrogen and oxygen atoms in total. The predicted molar refractivity (Wildman–Crippen MR) is 138 cm³/mol. The lowest BCUT2D eigenvalue weighted by Gasteiger charge is -2.15. The summed E-state index contributed by atoms with van der Waals surface area (Å²) >= 11 is 8.83. The number of halogens is 1. The number of aromatic nitrogens is 1. The van der Waals surface area contributed by atoms with Gasteiger partial charge in [0.15, 0.2) is 10.7 Å². The average Bonchev–Trinajstić information content (AvgIpc) is 3.17. The van der Waals surface area contributed by atoms with Crippen LogP contribution in [-0.4, -0.2) is 23.1 Å². The fraction of sp³-hybridized carbons (Fsp3) is 0.160. The van der Waals surface area contributed by atoms with Gasteiger partial charge in [0.25, 0.3) is 5.91 Å². The van der Waals surface area contributed by atoms with Crippen molar-refractivity contribution in [3.8, 4) is 17.2 Å². The van der Waals surface area contributed by atoms with E-state index < -0.39 is 0 Å². The van der Waals surface area contributed by atoms with Gasteiger partial charge in [-0.15, -0.1) is 0 Å². The zero-order valence-electron chi connectivity index (χ0n) is 18.6. The van der Waals surface area contributed by atoms with Gasteiger partial charge in [-0.3, -0.25) is 10.1 Å². The number of thiocarbonyl (C=S) groups is 1. The standard InChI is InChI=1S/C25H22BrN3O3S/c1-13-5-8-21-20(9-13)27-24(32-21)16-7-6-14(2)19(11-16)28-25(33)29-23(30)18-12-17(26)10-15(3)22(18)31-4/h5-12H,1-4H3,(H2,28,29,30,33). The number of fused-ring (bicyclic) bond motifs is 1. The smallest absolute Gasteiger partial charge is 0.261 e. The molecule has 168 valence electrons. The van der Waals surface area contributed by atoms with E-state index in [1.165, 1.54) is 7.11 Å². The molecule has 0 aliphatic carbocycles. The molecular weight excluding hydrogens is 502 g/mol. The fourth-order valence-corrected chi connectivity index (χ4v) is 4.32. The van der Waals surface area contributed by atoms with Gasteiger partial charge in [0, 0.05) is 15.7 Å². The highest BCUT2D eigenvalue weighted by atomic mass is 79.9. The molecule has 0 fully saturated rings. The second-order valence-electron chi connectivity index (χ2n) is 7.73. The molecule has 0 unspecified atom stereocenters. The Bertz CT molecular complexity index is 1400. The lowest BCUT2D eigenvalue weighted by atomic mass is 10.1. The van der Waals surface area contributed by atoms with Crippen LogP contribution in [0.2, 0.25) is 0 Å². The summed E-state index contributed by atoms with van der Waals surface area (Å²) in [6.45, 7) is 5.84. The van der Waals surface area contributed by atoms with Crippen LogP contribution in [0.15, 0.2) is 57.4 Å². The number of carbonyl (C=O) groups is 1. The molecule has 0 saturated heterocycles. The number of benzene rings is 3. The number of anilines is 1. The van der Waals surface area contributed by atoms with Crippen molar-refractivity contribution in [3.63, 3.8) is 0 Å². The van der Waals surface area contributed by atoms with Crippen molar-refractivity contribution in [1.29, 1.82) is 0 Å². The number of hydrogen-bond donors (Lipinski definition) is 2. The van der Waals surface area contributed by atoms with Gasteiger partial charge in [0.05, 0.1) is 12.7 Å². The number of aryl methyl sites for hydroxylation is 3. The SMILES string of the molecule is COc1c(C)cc(Br)cc1C(=O)NC(=S)Nc1cc(-c2nc3cc(C)ccc3o2)ccc1C. The van der Waals surface area contributed by atoms with Crippen molar-refractivity contribution >= 4 is 56.0 Å². The molecule has 0 atom stereocenters. The molecule has 0 spiro atoms. The summed E-state index contributed by atoms with van der Waals surface area (Å²) in [4.78, 5) is 17.5. The summed E-state index contributed by atoms with van der Waals surface area (Å²) in [5, 5.41) is 6.01. The van der Waals surface area contributed by atoms with Crippen molar-refractivity contribution in [1.82, 2.24) is 10.3 Å². The van der Waals surface area contributed by atoms with Gasteiger partial charge in [0.1, 0.15) is 11.3 Å². The van der Waals surface area contributed by atoms with E-state index >= 15 is 0 Å². The maximum atomic E-state index is 12.9. The molecule has 8 heteroatoms. The van der Waals surface area contributed by atoms with Gasteiger partial charge < -0.3 is 14.5 Å². The molecule has 4 aromatic rings. The molecule has 1 amide bonds. The molecular formula is C25H22BrN3O3S. The molecule has 1 aromatic heterocycles. The molecule has 0 aliphatic heterocycles. The normalized spacial score (nSPS) is 10.8. The van der Waals surface area contributed by atoms with Crippen LogP contribution < -0.4 is 15.4 Å². The maximum Gasteiger partial charge on any atom is 0.261 e. The first-order chi connectivity index (χ1) is 15.7. The van der Waals surface area contributed by atoms with Crippen LogP contribution in [0.5, 0.6) is 5.75 Å². The van der Waals surface area contributed by atoms with Crippen molar-refractivity contribution < 1.29 is 13.9 Å². The van der Waals surface area contributed by atoms with Crippen LogP contribution in [0.25, 0.3) is 22.6 Å². The third-order valence-corrected chi connectivity index (χ3v) is 5.85. The Morgan fingerprint density at radius 3 is 2.61 bits per heavy atom. The highest BCUT2D eigenvalue weighted by Crippen LogP contribution is 2.29. The predicted octanol–water partition coefficient (Wildman–Crippen LogP) is 6.32. The lowest BCUT2D eigenvalue weighted by molar-refractivity contribution is 0.0974. The molecule has 0 bridgehead atoms. The number of nitrogens with one attached hydrogen (secondary N) is 2. The molecule has 0 aliphatic rings. The number of oxazole rings is 1. The van der Waals surface area contributed by atoms with Crippen LogP contribution >= 0.6 is 28.1 Å². The first-order valence-electron chi connectivity index (χ1n) is 10.2. The minimum Gasteiger partial charge on any atom is -0.496 e. The van der Waals surface area contributed by atoms with E-state index in [-0.39, 0.29) is 11.0 Å². The van der Waals surface area contributed by atoms with E-state index in [0.29, 0.717) is 17.2 Å². The van der Waals surface area contributed by atoms with Gasteiger partial charge in [-0.2, -0.15) is 0 Å². The molecule has 1 heterocycles. The van der Waals surface area contributed by atoms with Crippen molar-refractivity contribution in [2.24, 2.45) is 0 Å². The molecule has 0 radical (unpaired) electrons. The van der Waals surface area contributed by atoms with Gasteiger partial charge in [-0.25, -0.2) is 4.98 Å². The number of carbonyl (C=O) groups excluding carboxylic acids is 1. The van der Waals surface area contributed by atoms with Gasteiger partial charge in [-0.1, -0.05) is 28.1 Å². The second-order valence-corrected chi connectivity index (χ2v) is 9.06. The molecule has 4 rings (SSSR count). The number of rotatable bonds is 4. The number of amides is 1. The van der Waals surface area contributed by atoms with E-state index in [1.807, 2.05) is 63.2 Å². The van der Waals surface area contributed by atoms with Crippen LogP contribution in [0.4, 0.5) is 5.69 Å². The Balaban J connectivity index is 1.55. The highest BCUT2D eigenvalue weighted by molar-refractivity contribution is 9.10. The zero-order valence-corrected chi connectivity index (χ0v) is 21.0. The molecule has 33 heavy (non-hydrogen) atoms. The van der Waals surface area contributed by atoms with Crippen LogP contribution in [0.3, 0.4) is 0 Å². The molecule has 3 aromatic carbocycles. The minimum absolute atomic E-state index is 0.174. The summed E-state index contributed by atoms with van der Waals surface area (Å²) < 4.78 is 12.1. The Morgan fingerprint density at radius 2 is 1.85 bits per heavy atom. The van der Waals surface area contributed by atoms with E-state index in [2.05, 4.69) is 31.5 Å². The van der Waals surface area contributed by atoms with E-state index in [4.69, 9.17) is 21.4 Å². The average molecular weight is 524 g/mol. The summed E-state index contributed by atoms with van der Waals surface area (Å²) in [5.41, 5.74) is 6.38. The largest absolute Gasteiger partial charge is 0.496 e. The summed E-state index contributed by atoms with van der Waals surface area (Å²) in [6, 6.07) is 15.3. The van der Waals surface area contributed by atoms with Crippen LogP contribution in [0.1, 0.15) is 27.0 Å². The fourth-order valence-electron chi connectivity index (χ4n) is 3.54. The first-order valence-corrected chi connectivity index (χ1v) is 11.4. The number of nitrogens with zero attached hydrogens (tertiary/aromatic N) is 1. The maximum absolute atomic E-state index is 12.9. The van der Waals surface area contributed by atoms with E-state index in [1.54, 1.807) is 6.07 Å². The second kappa shape index (κ2) is 9.33. The first kappa shape index (κ1) is 22.9. The summed E-state index contributed by atoms with van der Waals surface area (Å²) in [6.07, 6.45) is 0. The minimum atomic E-state index is -0.364. The van der Waals surface area contributed by atoms with Crippen molar-refractivity contribution in [2.75, 3.05) is 12.4 Å². The van der Waals surface area contributed by atoms with Crippen molar-refractivity contribution in [2.45, 2.75) is 20.8 Å². The van der Waals surface area contributed by atoms with E-state index in [9.17, 15) is 4.79 Å². The quantitative estimate of drug-likeness (QED) is 0.305. The summed E-state index contributed by atoms with van der Waals surface area (Å²) in [7, 11) is 1.53. The summed E-state index contributed by atoms with van der Waals surface area (Å²) in [5.74, 6) is 0.655. The molecule has 0 saturated carbocycles. The topological polar surface area (TPSA) is 76.4 Å². The third-order valence-electron chi connectivity index (χ3n) is 5.19. The van der Waals surface area contributed by atoms with E-state index in [0.717, 1.165) is 43.5 Å². The Morgan fingerprint density at radius 1 is 1.06 bits per heavy atom. The number of hydrogen-bond acceptors (Lipinski definition) is 5. The zero-order chi connectivity index (χ0) is 23.7. The Hall–Kier alpha value is -3.23. The third kappa shape index (κ3) is 4.91. The van der Waals surface area contributed by atoms with Gasteiger partial charge in [0.2, 0.25) is 5.89 Å². The van der Waals surface area contributed by atoms with Crippen LogP contribution in [0, 0.1) is 20.8 Å². The van der Waals surface area contributed by atoms with Crippen LogP contribution in [-0.2, 0) is 0 Å². The molecule has 2 N–H and O–H groups in total.